The van der Waals surface area contributed by atoms with Crippen molar-refractivity contribution in [3.05, 3.63) is 126 Å². The summed E-state index contributed by atoms with van der Waals surface area (Å²) in [4.78, 5) is 58.2. The van der Waals surface area contributed by atoms with Crippen LogP contribution in [0.3, 0.4) is 0 Å². The number of ketones is 1. The average molecular weight is 604 g/mol. The van der Waals surface area contributed by atoms with Crippen LogP contribution in [0.25, 0.3) is 0 Å². The molecule has 1 aliphatic carbocycles. The van der Waals surface area contributed by atoms with E-state index in [0.717, 1.165) is 28.8 Å². The number of amides is 2. The highest BCUT2D eigenvalue weighted by atomic mass is 31.2. The fourth-order valence-corrected chi connectivity index (χ4v) is 11.2. The molecule has 1 aliphatic heterocycles. The summed E-state index contributed by atoms with van der Waals surface area (Å²) in [6, 6.07) is 35.2. The molecule has 1 fully saturated rings. The molecule has 0 bridgehead atoms. The van der Waals surface area contributed by atoms with Gasteiger partial charge < -0.3 is 4.74 Å². The fraction of sp³-hybridized carbons (Fsp3) is 0.216. The summed E-state index contributed by atoms with van der Waals surface area (Å²) in [5.74, 6) is -2.53. The van der Waals surface area contributed by atoms with E-state index in [0.29, 0.717) is 24.0 Å². The minimum atomic E-state index is -3.11. The predicted octanol–water partition coefficient (Wildman–Crippen LogP) is 5.14. The number of carbonyl (C=O) groups is 4. The van der Waals surface area contributed by atoms with Gasteiger partial charge in [0.1, 0.15) is 5.29 Å². The Labute approximate surface area is 257 Å². The third kappa shape index (κ3) is 4.93. The van der Waals surface area contributed by atoms with Crippen LogP contribution in [0, 0.1) is 5.92 Å². The number of hydrogen-bond acceptors (Lipinski definition) is 5. The zero-order chi connectivity index (χ0) is 30.7. The van der Waals surface area contributed by atoms with E-state index in [9.17, 15) is 14.4 Å². The molecular weight excluding hydrogens is 569 g/mol. The molecule has 2 amide bonds. The fourth-order valence-electron chi connectivity index (χ4n) is 6.80. The summed E-state index contributed by atoms with van der Waals surface area (Å²) < 4.78 is 5.72. The zero-order valence-corrected chi connectivity index (χ0v) is 25.5. The Morgan fingerprint density at radius 2 is 1.11 bits per heavy atom. The number of imide groups is 1. The molecule has 2 aliphatic rings. The lowest BCUT2D eigenvalue weighted by Gasteiger charge is -2.38. The number of rotatable bonds is 8. The molecule has 0 N–H and O–H groups in total. The van der Waals surface area contributed by atoms with Crippen LogP contribution in [0.1, 0.15) is 53.3 Å². The van der Waals surface area contributed by atoms with Crippen molar-refractivity contribution in [2.24, 2.45) is 5.92 Å². The highest BCUT2D eigenvalue weighted by Crippen LogP contribution is 2.48. The van der Waals surface area contributed by atoms with Crippen LogP contribution >= 0.6 is 6.89 Å². The topological polar surface area (TPSA) is 80.8 Å². The number of ether oxygens (including phenoxy) is 1. The summed E-state index contributed by atoms with van der Waals surface area (Å²) in [6.07, 6.45) is 2.47. The molecular formula is C37H34NO5P. The SMILES string of the molecule is CCOC(=O)C(C(=O)[C@@H]1CCCC[C@H]1N1C(=O)c2ccccc2C1=O)=P(c1ccccc1)(c1ccccc1)c1ccccc1. The van der Waals surface area contributed by atoms with Gasteiger partial charge >= 0.3 is 5.97 Å². The molecule has 0 radical (unpaired) electrons. The van der Waals surface area contributed by atoms with Gasteiger partial charge in [-0.3, -0.25) is 19.3 Å². The van der Waals surface area contributed by atoms with E-state index >= 15 is 4.79 Å². The summed E-state index contributed by atoms with van der Waals surface area (Å²) >= 11 is 0. The first-order valence-electron chi connectivity index (χ1n) is 15.1. The first-order chi connectivity index (χ1) is 21.5. The van der Waals surface area contributed by atoms with Gasteiger partial charge in [0.05, 0.1) is 23.8 Å². The molecule has 6 nitrogen and oxygen atoms in total. The maximum absolute atomic E-state index is 15.3. The van der Waals surface area contributed by atoms with Crippen molar-refractivity contribution >= 4 is 51.7 Å². The largest absolute Gasteiger partial charge is 0.462 e. The van der Waals surface area contributed by atoms with E-state index in [1.807, 2.05) is 91.0 Å². The second-order valence-electron chi connectivity index (χ2n) is 11.1. The maximum Gasteiger partial charge on any atom is 0.342 e. The predicted molar refractivity (Wildman–Crippen MR) is 174 cm³/mol. The molecule has 0 saturated heterocycles. The normalized spacial score (nSPS) is 18.1. The Morgan fingerprint density at radius 1 is 0.682 bits per heavy atom. The lowest BCUT2D eigenvalue weighted by atomic mass is 9.80. The highest BCUT2D eigenvalue weighted by Gasteiger charge is 2.48. The number of nitrogens with zero attached hydrogens (tertiary/aromatic N) is 1. The highest BCUT2D eigenvalue weighted by molar-refractivity contribution is 7.97. The third-order valence-corrected chi connectivity index (χ3v) is 13.0. The average Bonchev–Trinajstić information content (AvgIpc) is 3.33. The Kier molecular flexibility index (Phi) is 8.45. The monoisotopic (exact) mass is 603 g/mol. The number of esters is 1. The number of benzene rings is 4. The second-order valence-corrected chi connectivity index (χ2v) is 14.4. The van der Waals surface area contributed by atoms with Gasteiger partial charge in [0.2, 0.25) is 0 Å². The molecule has 7 heteroatoms. The van der Waals surface area contributed by atoms with Gasteiger partial charge in [-0.15, -0.1) is 0 Å². The maximum atomic E-state index is 15.3. The molecule has 222 valence electrons. The van der Waals surface area contributed by atoms with E-state index in [-0.39, 0.29) is 29.5 Å². The standard InChI is InChI=1S/C37H34NO5P/c1-2-43-37(42)34(33(39)31-24-14-15-25-32(31)38-35(40)29-22-12-13-23-30(29)36(38)41)44(26-16-6-3-7-17-26,27-18-8-4-9-19-27)28-20-10-5-11-21-28/h3-13,16-23,31-32H,2,14-15,24-25H2,1H3/t31-,32-/m1/s1. The van der Waals surface area contributed by atoms with E-state index in [4.69, 9.17) is 4.74 Å². The van der Waals surface area contributed by atoms with Crippen LogP contribution in [-0.2, 0) is 14.3 Å². The number of Topliss-reactive ketones (excluding diaryl/α,β-unsaturated/α-hetero) is 1. The summed E-state index contributed by atoms with van der Waals surface area (Å²) in [5, 5.41) is 2.64. The van der Waals surface area contributed by atoms with Gasteiger partial charge in [0, 0.05) is 5.92 Å². The number of carbonyl (C=O) groups excluding carboxylic acids is 4. The van der Waals surface area contributed by atoms with Crippen molar-refractivity contribution in [2.75, 3.05) is 6.61 Å². The summed E-state index contributed by atoms with van der Waals surface area (Å²) in [6.45, 7) is -1.29. The van der Waals surface area contributed by atoms with Crippen LogP contribution in [0.2, 0.25) is 0 Å². The molecule has 0 spiro atoms. The second kappa shape index (κ2) is 12.6. The third-order valence-electron chi connectivity index (χ3n) is 8.69. The van der Waals surface area contributed by atoms with Gasteiger partial charge in [-0.1, -0.05) is 116 Å². The molecule has 4 aromatic carbocycles. The Hall–Kier alpha value is -4.54. The summed E-state index contributed by atoms with van der Waals surface area (Å²) in [7, 11) is 0. The van der Waals surface area contributed by atoms with Crippen molar-refractivity contribution < 1.29 is 23.9 Å². The first kappa shape index (κ1) is 29.5. The van der Waals surface area contributed by atoms with Gasteiger partial charge in [-0.05, 0) is 54.7 Å². The number of hydrogen-bond donors (Lipinski definition) is 0. The molecule has 1 heterocycles. The minimum absolute atomic E-state index is 0.0939. The lowest BCUT2D eigenvalue weighted by Crippen LogP contribution is -2.51. The van der Waals surface area contributed by atoms with Crippen molar-refractivity contribution in [3.63, 3.8) is 0 Å². The van der Waals surface area contributed by atoms with E-state index in [1.54, 1.807) is 31.2 Å². The molecule has 2 atom stereocenters. The van der Waals surface area contributed by atoms with Gasteiger partial charge in [0.15, 0.2) is 5.78 Å². The van der Waals surface area contributed by atoms with Crippen LogP contribution in [0.5, 0.6) is 0 Å². The van der Waals surface area contributed by atoms with Crippen molar-refractivity contribution in [1.29, 1.82) is 0 Å². The first-order valence-corrected chi connectivity index (χ1v) is 16.9. The van der Waals surface area contributed by atoms with Crippen LogP contribution in [0.4, 0.5) is 0 Å². The van der Waals surface area contributed by atoms with E-state index in [1.165, 1.54) is 4.90 Å². The molecule has 1 saturated carbocycles. The Morgan fingerprint density at radius 3 is 1.57 bits per heavy atom. The molecule has 0 aromatic heterocycles. The lowest BCUT2D eigenvalue weighted by molar-refractivity contribution is -0.135. The minimum Gasteiger partial charge on any atom is -0.462 e. The molecule has 6 rings (SSSR count). The van der Waals surface area contributed by atoms with Crippen LogP contribution in [0.15, 0.2) is 115 Å². The smallest absolute Gasteiger partial charge is 0.342 e. The zero-order valence-electron chi connectivity index (χ0n) is 24.6. The van der Waals surface area contributed by atoms with Crippen molar-refractivity contribution in [1.82, 2.24) is 4.90 Å². The molecule has 0 unspecified atom stereocenters. The van der Waals surface area contributed by atoms with Gasteiger partial charge in [-0.25, -0.2) is 4.79 Å². The van der Waals surface area contributed by atoms with E-state index < -0.39 is 24.8 Å². The van der Waals surface area contributed by atoms with Gasteiger partial charge in [-0.2, -0.15) is 0 Å². The Bertz CT molecular complexity index is 1630. The van der Waals surface area contributed by atoms with Gasteiger partial charge in [0.25, 0.3) is 11.8 Å². The van der Waals surface area contributed by atoms with Crippen molar-refractivity contribution in [3.8, 4) is 0 Å². The quantitative estimate of drug-likeness (QED) is 0.121. The molecule has 4 aromatic rings. The van der Waals surface area contributed by atoms with Crippen LogP contribution in [-0.4, -0.2) is 46.4 Å². The van der Waals surface area contributed by atoms with Crippen molar-refractivity contribution in [2.45, 2.75) is 38.6 Å². The summed E-state index contributed by atoms with van der Waals surface area (Å²) in [5.41, 5.74) is 0.701. The van der Waals surface area contributed by atoms with E-state index in [2.05, 4.69) is 0 Å². The van der Waals surface area contributed by atoms with Crippen LogP contribution < -0.4 is 15.9 Å². The number of fused-ring (bicyclic) bond motifs is 1. The molecule has 44 heavy (non-hydrogen) atoms. The Balaban J connectivity index is 1.64.